The third kappa shape index (κ3) is 2.95. The maximum absolute atomic E-state index is 12.1. The largest absolute Gasteiger partial charge is 0.310 e. The molecule has 0 radical (unpaired) electrons. The number of hydrogen-bond acceptors (Lipinski definition) is 2. The summed E-state index contributed by atoms with van der Waals surface area (Å²) in [5.41, 5.74) is 1.56. The average Bonchev–Trinajstić information content (AvgIpc) is 2.15. The molecule has 88 valence electrons. The fourth-order valence-corrected chi connectivity index (χ4v) is 1.85. The van der Waals surface area contributed by atoms with Gasteiger partial charge in [-0.2, -0.15) is 0 Å². The van der Waals surface area contributed by atoms with Crippen LogP contribution in [0.3, 0.4) is 0 Å². The van der Waals surface area contributed by atoms with Crippen LogP contribution < -0.4 is 5.56 Å². The predicted octanol–water partition coefficient (Wildman–Crippen LogP) is 2.44. The van der Waals surface area contributed by atoms with Gasteiger partial charge >= 0.3 is 0 Å². The lowest BCUT2D eigenvalue weighted by Gasteiger charge is -2.15. The van der Waals surface area contributed by atoms with Crippen LogP contribution in [0.4, 0.5) is 0 Å². The number of carbonyl (C=O) groups excluding carboxylic acids is 1. The van der Waals surface area contributed by atoms with E-state index in [2.05, 4.69) is 0 Å². The summed E-state index contributed by atoms with van der Waals surface area (Å²) in [7, 11) is 0. The lowest BCUT2D eigenvalue weighted by atomic mass is 10.1. The molecular weight excluding hydrogens is 226 g/mol. The first-order valence-electron chi connectivity index (χ1n) is 5.33. The van der Waals surface area contributed by atoms with Gasteiger partial charge in [0, 0.05) is 23.7 Å². The molecule has 0 spiro atoms. The summed E-state index contributed by atoms with van der Waals surface area (Å²) in [4.78, 5) is 22.7. The molecule has 1 rings (SSSR count). The van der Waals surface area contributed by atoms with Crippen molar-refractivity contribution in [2.45, 2.75) is 39.7 Å². The number of rotatable bonds is 4. The normalized spacial score (nSPS) is 10.8. The van der Waals surface area contributed by atoms with Gasteiger partial charge < -0.3 is 4.57 Å². The monoisotopic (exact) mass is 241 g/mol. The highest BCUT2D eigenvalue weighted by Crippen LogP contribution is 2.08. The van der Waals surface area contributed by atoms with Gasteiger partial charge in [0.25, 0.3) is 5.56 Å². The van der Waals surface area contributed by atoms with E-state index in [-0.39, 0.29) is 18.0 Å². The smallest absolute Gasteiger partial charge is 0.254 e. The quantitative estimate of drug-likeness (QED) is 0.760. The zero-order valence-electron chi connectivity index (χ0n) is 9.79. The minimum Gasteiger partial charge on any atom is -0.310 e. The van der Waals surface area contributed by atoms with Crippen LogP contribution in [-0.2, 0) is 11.2 Å². The Balaban J connectivity index is 3.09. The molecule has 0 aromatic carbocycles. The van der Waals surface area contributed by atoms with E-state index in [9.17, 15) is 9.59 Å². The number of aryl methyl sites for hydroxylation is 2. The van der Waals surface area contributed by atoms with Crippen molar-refractivity contribution in [3.05, 3.63) is 33.7 Å². The summed E-state index contributed by atoms with van der Waals surface area (Å²) >= 11 is 5.27. The Morgan fingerprint density at radius 1 is 1.44 bits per heavy atom. The number of pyridine rings is 1. The number of halogens is 1. The van der Waals surface area contributed by atoms with Crippen LogP contribution in [0.2, 0.25) is 0 Å². The van der Waals surface area contributed by atoms with Gasteiger partial charge in [0.15, 0.2) is 0 Å². The van der Waals surface area contributed by atoms with E-state index < -0.39 is 5.24 Å². The maximum Gasteiger partial charge on any atom is 0.254 e. The van der Waals surface area contributed by atoms with Crippen molar-refractivity contribution >= 4 is 16.8 Å². The second-order valence-electron chi connectivity index (χ2n) is 4.12. The molecule has 0 aliphatic carbocycles. The highest BCUT2D eigenvalue weighted by molar-refractivity contribution is 6.63. The van der Waals surface area contributed by atoms with E-state index >= 15 is 0 Å². The standard InChI is InChI=1S/C12H16ClNO2/c1-8(2)14-9(3)4-5-10(12(14)16)6-7-11(13)15/h4-5,8H,6-7H2,1-3H3. The second-order valence-corrected chi connectivity index (χ2v) is 4.55. The molecule has 3 nitrogen and oxygen atoms in total. The Hall–Kier alpha value is -1.09. The zero-order valence-corrected chi connectivity index (χ0v) is 10.5. The fraction of sp³-hybridized carbons (Fsp3) is 0.500. The molecule has 1 aromatic heterocycles. The first-order valence-corrected chi connectivity index (χ1v) is 5.70. The molecule has 1 aromatic rings. The SMILES string of the molecule is Cc1ccc(CCC(=O)Cl)c(=O)n1C(C)C. The summed E-state index contributed by atoms with van der Waals surface area (Å²) in [6.07, 6.45) is 0.617. The molecule has 0 aliphatic heterocycles. The highest BCUT2D eigenvalue weighted by Gasteiger charge is 2.09. The molecule has 0 unspecified atom stereocenters. The van der Waals surface area contributed by atoms with E-state index in [4.69, 9.17) is 11.6 Å². The number of nitrogens with zero attached hydrogens (tertiary/aromatic N) is 1. The van der Waals surface area contributed by atoms with Crippen molar-refractivity contribution in [2.24, 2.45) is 0 Å². The lowest BCUT2D eigenvalue weighted by Crippen LogP contribution is -2.27. The zero-order chi connectivity index (χ0) is 12.3. The van der Waals surface area contributed by atoms with Crippen LogP contribution in [-0.4, -0.2) is 9.81 Å². The summed E-state index contributed by atoms with van der Waals surface area (Å²) < 4.78 is 1.73. The minimum absolute atomic E-state index is 0.0204. The van der Waals surface area contributed by atoms with Crippen molar-refractivity contribution < 1.29 is 4.79 Å². The van der Waals surface area contributed by atoms with Crippen LogP contribution in [0.5, 0.6) is 0 Å². The Morgan fingerprint density at radius 3 is 2.56 bits per heavy atom. The molecule has 0 atom stereocenters. The van der Waals surface area contributed by atoms with Crippen LogP contribution in [0.1, 0.15) is 37.6 Å². The van der Waals surface area contributed by atoms with Crippen molar-refractivity contribution in [3.8, 4) is 0 Å². The van der Waals surface area contributed by atoms with Gasteiger partial charge in [0.2, 0.25) is 5.24 Å². The highest BCUT2D eigenvalue weighted by atomic mass is 35.5. The summed E-state index contributed by atoms with van der Waals surface area (Å²) in [5, 5.41) is -0.406. The molecule has 0 amide bonds. The van der Waals surface area contributed by atoms with E-state index in [0.717, 1.165) is 5.69 Å². The Labute approximate surface area is 100 Å². The lowest BCUT2D eigenvalue weighted by molar-refractivity contribution is -0.111. The Kier molecular flexibility index (Phi) is 4.30. The predicted molar refractivity (Wildman–Crippen MR) is 65.0 cm³/mol. The topological polar surface area (TPSA) is 39.1 Å². The van der Waals surface area contributed by atoms with Gasteiger partial charge in [0.05, 0.1) is 0 Å². The van der Waals surface area contributed by atoms with Crippen LogP contribution >= 0.6 is 11.6 Å². The van der Waals surface area contributed by atoms with Crippen LogP contribution in [0, 0.1) is 6.92 Å². The van der Waals surface area contributed by atoms with Gasteiger partial charge in [-0.25, -0.2) is 0 Å². The molecule has 4 heteroatoms. The average molecular weight is 242 g/mol. The molecule has 16 heavy (non-hydrogen) atoms. The number of aromatic nitrogens is 1. The van der Waals surface area contributed by atoms with Crippen molar-refractivity contribution in [2.75, 3.05) is 0 Å². The van der Waals surface area contributed by atoms with Gasteiger partial charge in [0.1, 0.15) is 0 Å². The maximum atomic E-state index is 12.1. The second kappa shape index (κ2) is 5.30. The molecule has 1 heterocycles. The van der Waals surface area contributed by atoms with E-state index in [1.807, 2.05) is 26.8 Å². The Bertz CT molecular complexity index is 449. The van der Waals surface area contributed by atoms with Gasteiger partial charge in [-0.1, -0.05) is 6.07 Å². The van der Waals surface area contributed by atoms with Crippen LogP contribution in [0.25, 0.3) is 0 Å². The molecular formula is C12H16ClNO2. The molecule has 0 saturated carbocycles. The third-order valence-electron chi connectivity index (χ3n) is 2.51. The summed E-state index contributed by atoms with van der Waals surface area (Å²) in [5.74, 6) is 0. The first kappa shape index (κ1) is 13.0. The summed E-state index contributed by atoms with van der Waals surface area (Å²) in [6, 6.07) is 3.80. The van der Waals surface area contributed by atoms with Gasteiger partial charge in [-0.15, -0.1) is 0 Å². The Morgan fingerprint density at radius 2 is 2.06 bits per heavy atom. The number of hydrogen-bond donors (Lipinski definition) is 0. The van der Waals surface area contributed by atoms with E-state index in [0.29, 0.717) is 12.0 Å². The van der Waals surface area contributed by atoms with E-state index in [1.54, 1.807) is 10.6 Å². The van der Waals surface area contributed by atoms with Gasteiger partial charge in [-0.3, -0.25) is 9.59 Å². The van der Waals surface area contributed by atoms with Gasteiger partial charge in [-0.05, 0) is 44.9 Å². The van der Waals surface area contributed by atoms with E-state index in [1.165, 1.54) is 0 Å². The molecule has 0 saturated heterocycles. The van der Waals surface area contributed by atoms with Crippen molar-refractivity contribution in [1.82, 2.24) is 4.57 Å². The molecule has 0 N–H and O–H groups in total. The number of carbonyl (C=O) groups is 1. The first-order chi connectivity index (χ1) is 7.43. The molecule has 0 bridgehead atoms. The van der Waals surface area contributed by atoms with Crippen LogP contribution in [0.15, 0.2) is 16.9 Å². The summed E-state index contributed by atoms with van der Waals surface area (Å²) in [6.45, 7) is 5.83. The van der Waals surface area contributed by atoms with Crippen molar-refractivity contribution in [3.63, 3.8) is 0 Å². The third-order valence-corrected chi connectivity index (χ3v) is 2.70. The fourth-order valence-electron chi connectivity index (χ4n) is 1.75. The molecule has 0 aliphatic rings. The molecule has 0 fully saturated rings. The minimum atomic E-state index is -0.406. The van der Waals surface area contributed by atoms with Crippen molar-refractivity contribution in [1.29, 1.82) is 0 Å².